The van der Waals surface area contributed by atoms with Gasteiger partial charge in [0.05, 0.1) is 11.2 Å². The first-order chi connectivity index (χ1) is 26.0. The van der Waals surface area contributed by atoms with Crippen molar-refractivity contribution in [3.05, 3.63) is 181 Å². The minimum atomic E-state index is -0.122. The number of pyridine rings is 1. The van der Waals surface area contributed by atoms with Gasteiger partial charge in [-0.05, 0) is 74.5 Å². The van der Waals surface area contributed by atoms with E-state index in [1.54, 1.807) is 0 Å². The lowest BCUT2D eigenvalue weighted by Gasteiger charge is -2.22. The quantitative estimate of drug-likeness (QED) is 0.182. The van der Waals surface area contributed by atoms with Crippen molar-refractivity contribution < 1.29 is 0 Å². The van der Waals surface area contributed by atoms with E-state index in [1.165, 1.54) is 27.6 Å². The lowest BCUT2D eigenvalue weighted by Crippen LogP contribution is -2.14. The van der Waals surface area contributed by atoms with E-state index in [0.717, 1.165) is 55.4 Å². The number of benzene rings is 7. The molecule has 7 aromatic carbocycles. The molecule has 0 saturated carbocycles. The monoisotopic (exact) mass is 678 g/mol. The molecule has 1 aliphatic rings. The van der Waals surface area contributed by atoms with E-state index in [2.05, 4.69) is 147 Å². The zero-order valence-corrected chi connectivity index (χ0v) is 29.5. The normalized spacial score (nSPS) is 12.9. The summed E-state index contributed by atoms with van der Waals surface area (Å²) in [5, 5.41) is 3.44. The fraction of sp³-hybridized carbons (Fsp3) is 0.0612. The zero-order valence-electron chi connectivity index (χ0n) is 29.5. The minimum Gasteiger partial charge on any atom is -0.248 e. The van der Waals surface area contributed by atoms with Gasteiger partial charge in [-0.25, -0.2) is 19.9 Å². The standard InChI is InChI=1S/C49H34N4/c1-49(2)42-23-12-11-22-38(42)40-28-41-39(29-44(32-15-5-3-6-16-32)50-45(41)30-43(40)49)35-20-13-21-36(27-35)47-51-46(33-17-7-4-8-18-33)52-48(53-47)37-25-24-31-14-9-10-19-34(31)26-37/h3-30H,1-2H3. The number of nitrogens with zero attached hydrogens (tertiary/aromatic N) is 4. The van der Waals surface area contributed by atoms with Crippen LogP contribution < -0.4 is 0 Å². The van der Waals surface area contributed by atoms with E-state index >= 15 is 0 Å². The first kappa shape index (κ1) is 31.0. The molecule has 1 aliphatic carbocycles. The highest BCUT2D eigenvalue weighted by atomic mass is 15.0. The molecule has 53 heavy (non-hydrogen) atoms. The molecule has 0 aliphatic heterocycles. The van der Waals surface area contributed by atoms with Crippen molar-refractivity contribution in [2.75, 3.05) is 0 Å². The molecule has 0 radical (unpaired) electrons. The van der Waals surface area contributed by atoms with Gasteiger partial charge in [0.25, 0.3) is 0 Å². The van der Waals surface area contributed by atoms with Crippen LogP contribution in [-0.2, 0) is 5.41 Å². The number of fused-ring (bicyclic) bond motifs is 5. The predicted molar refractivity (Wildman–Crippen MR) is 217 cm³/mol. The molecule has 0 N–H and O–H groups in total. The lowest BCUT2D eigenvalue weighted by molar-refractivity contribution is 0.661. The third-order valence-corrected chi connectivity index (χ3v) is 10.7. The predicted octanol–water partition coefficient (Wildman–Crippen LogP) is 12.2. The van der Waals surface area contributed by atoms with Gasteiger partial charge >= 0.3 is 0 Å². The van der Waals surface area contributed by atoms with Gasteiger partial charge in [-0.3, -0.25) is 0 Å². The van der Waals surface area contributed by atoms with Gasteiger partial charge in [-0.2, -0.15) is 0 Å². The minimum absolute atomic E-state index is 0.122. The second kappa shape index (κ2) is 12.2. The molecule has 9 aromatic rings. The second-order valence-corrected chi connectivity index (χ2v) is 14.3. The molecule has 0 spiro atoms. The fourth-order valence-electron chi connectivity index (χ4n) is 7.92. The average molecular weight is 679 g/mol. The number of rotatable bonds is 5. The van der Waals surface area contributed by atoms with Gasteiger partial charge in [0, 0.05) is 33.1 Å². The van der Waals surface area contributed by atoms with Crippen molar-refractivity contribution in [3.63, 3.8) is 0 Å². The van der Waals surface area contributed by atoms with E-state index in [9.17, 15) is 0 Å². The first-order valence-electron chi connectivity index (χ1n) is 18.1. The summed E-state index contributed by atoms with van der Waals surface area (Å²) < 4.78 is 0. The molecule has 0 fully saturated rings. The van der Waals surface area contributed by atoms with Crippen LogP contribution in [0.25, 0.3) is 89.4 Å². The van der Waals surface area contributed by atoms with Gasteiger partial charge in [-0.1, -0.05) is 153 Å². The lowest BCUT2D eigenvalue weighted by atomic mass is 9.82. The van der Waals surface area contributed by atoms with Gasteiger partial charge in [0.2, 0.25) is 0 Å². The van der Waals surface area contributed by atoms with Crippen LogP contribution in [0, 0.1) is 0 Å². The Kier molecular flexibility index (Phi) is 7.12. The van der Waals surface area contributed by atoms with Gasteiger partial charge in [0.1, 0.15) is 0 Å². The maximum absolute atomic E-state index is 5.30. The summed E-state index contributed by atoms with van der Waals surface area (Å²) >= 11 is 0. The van der Waals surface area contributed by atoms with E-state index in [1.807, 2.05) is 36.4 Å². The molecule has 0 unspecified atom stereocenters. The van der Waals surface area contributed by atoms with Crippen molar-refractivity contribution in [3.8, 4) is 67.7 Å². The highest BCUT2D eigenvalue weighted by Gasteiger charge is 2.35. The molecule has 0 saturated heterocycles. The Balaban J connectivity index is 1.18. The van der Waals surface area contributed by atoms with Crippen LogP contribution in [-0.4, -0.2) is 19.9 Å². The van der Waals surface area contributed by atoms with Gasteiger partial charge in [-0.15, -0.1) is 0 Å². The molecule has 4 nitrogen and oxygen atoms in total. The molecular weight excluding hydrogens is 645 g/mol. The van der Waals surface area contributed by atoms with Crippen LogP contribution in [0.5, 0.6) is 0 Å². The summed E-state index contributed by atoms with van der Waals surface area (Å²) in [7, 11) is 0. The van der Waals surface area contributed by atoms with Crippen LogP contribution in [0.15, 0.2) is 170 Å². The molecular formula is C49H34N4. The smallest absolute Gasteiger partial charge is 0.164 e. The maximum Gasteiger partial charge on any atom is 0.164 e. The SMILES string of the molecule is CC1(C)c2ccccc2-c2cc3c(-c4cccc(-c5nc(-c6ccccc6)nc(-c6ccc7ccccc7c6)n5)c4)cc(-c4ccccc4)nc3cc21. The van der Waals surface area contributed by atoms with Crippen LogP contribution in [0.3, 0.4) is 0 Å². The van der Waals surface area contributed by atoms with Gasteiger partial charge in [0.15, 0.2) is 17.5 Å². The summed E-state index contributed by atoms with van der Waals surface area (Å²) in [5.74, 6) is 1.91. The summed E-state index contributed by atoms with van der Waals surface area (Å²) in [6, 6.07) is 59.6. The molecule has 4 heteroatoms. The highest BCUT2D eigenvalue weighted by Crippen LogP contribution is 2.50. The maximum atomic E-state index is 5.30. The Hall–Kier alpha value is -6.78. The van der Waals surface area contributed by atoms with Crippen LogP contribution in [0.4, 0.5) is 0 Å². The Labute approximate surface area is 308 Å². The number of aromatic nitrogens is 4. The summed E-state index contributed by atoms with van der Waals surface area (Å²) in [6.45, 7) is 4.64. The van der Waals surface area contributed by atoms with E-state index in [0.29, 0.717) is 17.5 Å². The van der Waals surface area contributed by atoms with Crippen molar-refractivity contribution in [1.82, 2.24) is 19.9 Å². The molecule has 0 amide bonds. The fourth-order valence-corrected chi connectivity index (χ4v) is 7.92. The van der Waals surface area contributed by atoms with E-state index < -0.39 is 0 Å². The largest absolute Gasteiger partial charge is 0.248 e. The third-order valence-electron chi connectivity index (χ3n) is 10.7. The molecule has 10 rings (SSSR count). The number of hydrogen-bond acceptors (Lipinski definition) is 4. The Morgan fingerprint density at radius 2 is 0.962 bits per heavy atom. The third kappa shape index (κ3) is 5.30. The van der Waals surface area contributed by atoms with E-state index in [4.69, 9.17) is 19.9 Å². The van der Waals surface area contributed by atoms with Crippen LogP contribution in [0.1, 0.15) is 25.0 Å². The van der Waals surface area contributed by atoms with Crippen molar-refractivity contribution >= 4 is 21.7 Å². The molecule has 250 valence electrons. The van der Waals surface area contributed by atoms with E-state index in [-0.39, 0.29) is 5.41 Å². The van der Waals surface area contributed by atoms with Crippen LogP contribution >= 0.6 is 0 Å². The molecule has 0 atom stereocenters. The zero-order chi connectivity index (χ0) is 35.5. The Bertz CT molecular complexity index is 2860. The molecule has 2 heterocycles. The van der Waals surface area contributed by atoms with Crippen molar-refractivity contribution in [2.45, 2.75) is 19.3 Å². The molecule has 2 aromatic heterocycles. The topological polar surface area (TPSA) is 51.6 Å². The summed E-state index contributed by atoms with van der Waals surface area (Å²) in [5.41, 5.74) is 13.1. The average Bonchev–Trinajstić information content (AvgIpc) is 3.45. The highest BCUT2D eigenvalue weighted by molar-refractivity contribution is 6.02. The van der Waals surface area contributed by atoms with Crippen LogP contribution in [0.2, 0.25) is 0 Å². The Morgan fingerprint density at radius 3 is 1.74 bits per heavy atom. The first-order valence-corrected chi connectivity index (χ1v) is 18.1. The number of hydrogen-bond donors (Lipinski definition) is 0. The molecule has 0 bridgehead atoms. The summed E-state index contributed by atoms with van der Waals surface area (Å²) in [6.07, 6.45) is 0. The van der Waals surface area contributed by atoms with Crippen molar-refractivity contribution in [1.29, 1.82) is 0 Å². The summed E-state index contributed by atoms with van der Waals surface area (Å²) in [4.78, 5) is 20.5. The van der Waals surface area contributed by atoms with Crippen molar-refractivity contribution in [2.24, 2.45) is 0 Å². The second-order valence-electron chi connectivity index (χ2n) is 14.3. The Morgan fingerprint density at radius 1 is 0.358 bits per heavy atom. The van der Waals surface area contributed by atoms with Gasteiger partial charge < -0.3 is 0 Å².